The van der Waals surface area contributed by atoms with E-state index in [9.17, 15) is 26.3 Å². The lowest BCUT2D eigenvalue weighted by Gasteiger charge is -2.14. The zero-order valence-electron chi connectivity index (χ0n) is 16.3. The van der Waals surface area contributed by atoms with Crippen LogP contribution in [0.1, 0.15) is 11.1 Å². The zero-order valence-corrected chi connectivity index (χ0v) is 16.3. The molecule has 2 N–H and O–H groups in total. The van der Waals surface area contributed by atoms with E-state index < -0.39 is 23.5 Å². The molecule has 0 amide bonds. The summed E-state index contributed by atoms with van der Waals surface area (Å²) >= 11 is 0. The number of fused-ring (bicyclic) bond motifs is 2. The van der Waals surface area contributed by atoms with Gasteiger partial charge in [-0.05, 0) is 36.4 Å². The minimum Gasteiger partial charge on any atom is -0.383 e. The van der Waals surface area contributed by atoms with Crippen LogP contribution in [0.15, 0.2) is 60.9 Å². The van der Waals surface area contributed by atoms with Crippen molar-refractivity contribution in [3.8, 4) is 0 Å². The standard InChI is InChI=1S/C22H16F6N4/c23-21(24,25)13-1-3-15-17(5-7-29-19(15)11-13)31-9-10-32-18-6-8-30-20-12-14(22(26,27)28)2-4-16(18)20/h1-8,11-12H,9-10H2,(H,29,31)(H,30,32). The van der Waals surface area contributed by atoms with Crippen molar-refractivity contribution in [3.05, 3.63) is 72.1 Å². The van der Waals surface area contributed by atoms with Crippen molar-refractivity contribution in [1.29, 1.82) is 0 Å². The number of hydrogen-bond acceptors (Lipinski definition) is 4. The second-order valence-corrected chi connectivity index (χ2v) is 7.03. The topological polar surface area (TPSA) is 49.8 Å². The Balaban J connectivity index is 1.45. The molecular weight excluding hydrogens is 434 g/mol. The van der Waals surface area contributed by atoms with Crippen molar-refractivity contribution in [2.75, 3.05) is 23.7 Å². The number of alkyl halides is 6. The first-order chi connectivity index (χ1) is 15.1. The zero-order chi connectivity index (χ0) is 22.9. The van der Waals surface area contributed by atoms with Crippen molar-refractivity contribution in [1.82, 2.24) is 9.97 Å². The van der Waals surface area contributed by atoms with E-state index in [4.69, 9.17) is 0 Å². The van der Waals surface area contributed by atoms with Crippen LogP contribution in [-0.2, 0) is 12.4 Å². The minimum atomic E-state index is -4.45. The highest BCUT2D eigenvalue weighted by Gasteiger charge is 2.31. The molecular formula is C22H16F6N4. The predicted molar refractivity (Wildman–Crippen MR) is 110 cm³/mol. The Bertz CT molecular complexity index is 1170. The molecule has 0 radical (unpaired) electrons. The molecule has 4 aromatic rings. The second kappa shape index (κ2) is 8.18. The summed E-state index contributed by atoms with van der Waals surface area (Å²) in [7, 11) is 0. The van der Waals surface area contributed by atoms with E-state index in [0.29, 0.717) is 35.2 Å². The first-order valence-corrected chi connectivity index (χ1v) is 9.52. The highest BCUT2D eigenvalue weighted by atomic mass is 19.4. The van der Waals surface area contributed by atoms with E-state index in [1.54, 1.807) is 12.1 Å². The molecule has 0 bridgehead atoms. The number of benzene rings is 2. The number of hydrogen-bond donors (Lipinski definition) is 2. The Kier molecular flexibility index (Phi) is 5.53. The predicted octanol–water partition coefficient (Wildman–Crippen LogP) is 6.34. The van der Waals surface area contributed by atoms with Gasteiger partial charge in [0.1, 0.15) is 0 Å². The molecule has 2 heterocycles. The summed E-state index contributed by atoms with van der Waals surface area (Å²) in [5.41, 5.74) is 0.153. The third-order valence-electron chi connectivity index (χ3n) is 4.90. The van der Waals surface area contributed by atoms with Crippen LogP contribution in [0.3, 0.4) is 0 Å². The Hall–Kier alpha value is -3.56. The van der Waals surface area contributed by atoms with Gasteiger partial charge in [-0.3, -0.25) is 9.97 Å². The van der Waals surface area contributed by atoms with Crippen LogP contribution in [0.5, 0.6) is 0 Å². The molecule has 0 aliphatic rings. The maximum atomic E-state index is 12.9. The van der Waals surface area contributed by atoms with Crippen molar-refractivity contribution in [2.24, 2.45) is 0 Å². The van der Waals surface area contributed by atoms with Crippen molar-refractivity contribution in [3.63, 3.8) is 0 Å². The van der Waals surface area contributed by atoms with Gasteiger partial charge in [0.25, 0.3) is 0 Å². The van der Waals surface area contributed by atoms with Gasteiger partial charge in [0.2, 0.25) is 0 Å². The first-order valence-electron chi connectivity index (χ1n) is 9.52. The van der Waals surface area contributed by atoms with Gasteiger partial charge in [-0.2, -0.15) is 26.3 Å². The summed E-state index contributed by atoms with van der Waals surface area (Å²) < 4.78 is 77.4. The average Bonchev–Trinajstić information content (AvgIpc) is 2.74. The third-order valence-corrected chi connectivity index (χ3v) is 4.90. The largest absolute Gasteiger partial charge is 0.416 e. The van der Waals surface area contributed by atoms with Crippen molar-refractivity contribution < 1.29 is 26.3 Å². The van der Waals surface area contributed by atoms with Crippen molar-refractivity contribution in [2.45, 2.75) is 12.4 Å². The number of pyridine rings is 2. The number of anilines is 2. The lowest BCUT2D eigenvalue weighted by Crippen LogP contribution is -2.14. The molecule has 0 atom stereocenters. The molecule has 0 fully saturated rings. The highest BCUT2D eigenvalue weighted by molar-refractivity contribution is 5.92. The SMILES string of the molecule is FC(F)(F)c1ccc2c(NCCNc3ccnc4cc(C(F)(F)F)ccc34)ccnc2c1. The maximum Gasteiger partial charge on any atom is 0.416 e. The average molecular weight is 450 g/mol. The van der Waals surface area contributed by atoms with E-state index in [2.05, 4.69) is 20.6 Å². The number of halogens is 6. The van der Waals surface area contributed by atoms with E-state index in [1.165, 1.54) is 24.5 Å². The number of nitrogens with zero attached hydrogens (tertiary/aromatic N) is 2. The molecule has 4 nitrogen and oxygen atoms in total. The lowest BCUT2D eigenvalue weighted by molar-refractivity contribution is -0.138. The number of nitrogens with one attached hydrogen (secondary N) is 2. The van der Waals surface area contributed by atoms with E-state index in [-0.39, 0.29) is 11.0 Å². The summed E-state index contributed by atoms with van der Waals surface area (Å²) in [5, 5.41) is 7.39. The molecule has 166 valence electrons. The van der Waals surface area contributed by atoms with E-state index in [0.717, 1.165) is 24.3 Å². The fourth-order valence-corrected chi connectivity index (χ4v) is 3.35. The summed E-state index contributed by atoms with van der Waals surface area (Å²) in [4.78, 5) is 8.02. The van der Waals surface area contributed by atoms with E-state index in [1.807, 2.05) is 0 Å². The summed E-state index contributed by atoms with van der Waals surface area (Å²) in [6, 6.07) is 10.1. The molecule has 0 aliphatic carbocycles. The lowest BCUT2D eigenvalue weighted by atomic mass is 10.1. The number of rotatable bonds is 5. The monoisotopic (exact) mass is 450 g/mol. The molecule has 10 heteroatoms. The Morgan fingerprint density at radius 2 is 1.00 bits per heavy atom. The van der Waals surface area contributed by atoms with Crippen LogP contribution in [-0.4, -0.2) is 23.1 Å². The van der Waals surface area contributed by atoms with Gasteiger partial charge < -0.3 is 10.6 Å². The first kappa shape index (κ1) is 21.7. The Morgan fingerprint density at radius 3 is 1.38 bits per heavy atom. The maximum absolute atomic E-state index is 12.9. The van der Waals surface area contributed by atoms with Gasteiger partial charge in [-0.25, -0.2) is 0 Å². The second-order valence-electron chi connectivity index (χ2n) is 7.03. The smallest absolute Gasteiger partial charge is 0.383 e. The summed E-state index contributed by atoms with van der Waals surface area (Å²) in [5.74, 6) is 0. The van der Waals surface area contributed by atoms with Crippen molar-refractivity contribution >= 4 is 33.2 Å². The summed E-state index contributed by atoms with van der Waals surface area (Å²) in [6.45, 7) is 0.815. The van der Waals surface area contributed by atoms with Gasteiger partial charge in [0.15, 0.2) is 0 Å². The summed E-state index contributed by atoms with van der Waals surface area (Å²) in [6.07, 6.45) is -6.05. The van der Waals surface area contributed by atoms with Gasteiger partial charge in [0.05, 0.1) is 22.2 Å². The highest BCUT2D eigenvalue weighted by Crippen LogP contribution is 2.33. The molecule has 0 unspecified atom stereocenters. The Morgan fingerprint density at radius 1 is 0.594 bits per heavy atom. The van der Waals surface area contributed by atoms with Crippen LogP contribution in [0, 0.1) is 0 Å². The van der Waals surface area contributed by atoms with Gasteiger partial charge in [-0.1, -0.05) is 12.1 Å². The quantitative estimate of drug-likeness (QED) is 0.275. The fourth-order valence-electron chi connectivity index (χ4n) is 3.35. The molecule has 0 aliphatic heterocycles. The molecule has 32 heavy (non-hydrogen) atoms. The van der Waals surface area contributed by atoms with Gasteiger partial charge >= 0.3 is 12.4 Å². The Labute approximate surface area is 178 Å². The minimum absolute atomic E-state index is 0.221. The normalized spacial score (nSPS) is 12.3. The van der Waals surface area contributed by atoms with E-state index >= 15 is 0 Å². The third kappa shape index (κ3) is 4.53. The molecule has 2 aromatic carbocycles. The molecule has 0 saturated carbocycles. The van der Waals surface area contributed by atoms with Crippen LogP contribution in [0.2, 0.25) is 0 Å². The molecule has 2 aromatic heterocycles. The van der Waals surface area contributed by atoms with Crippen LogP contribution in [0.25, 0.3) is 21.8 Å². The number of aromatic nitrogens is 2. The molecule has 4 rings (SSSR count). The van der Waals surface area contributed by atoms with Gasteiger partial charge in [0, 0.05) is 47.6 Å². The van der Waals surface area contributed by atoms with Crippen LogP contribution < -0.4 is 10.6 Å². The van der Waals surface area contributed by atoms with Crippen LogP contribution in [0.4, 0.5) is 37.7 Å². The fraction of sp³-hybridized carbons (Fsp3) is 0.182. The van der Waals surface area contributed by atoms with Gasteiger partial charge in [-0.15, -0.1) is 0 Å². The molecule has 0 saturated heterocycles. The van der Waals surface area contributed by atoms with Crippen LogP contribution >= 0.6 is 0 Å². The molecule has 0 spiro atoms.